The third kappa shape index (κ3) is 5.68. The molecule has 0 saturated heterocycles. The predicted molar refractivity (Wildman–Crippen MR) is 238 cm³/mol. The number of benzene rings is 6. The molecular formula is C53H38N4. The Morgan fingerprint density at radius 3 is 1.70 bits per heavy atom. The number of allylic oxidation sites excluding steroid dienone is 8. The fraction of sp³-hybridized carbons (Fsp3) is 0.0566. The van der Waals surface area contributed by atoms with Crippen molar-refractivity contribution in [3.63, 3.8) is 0 Å². The second-order valence-corrected chi connectivity index (χ2v) is 15.1. The minimum atomic E-state index is 0.404. The Morgan fingerprint density at radius 2 is 1.09 bits per heavy atom. The van der Waals surface area contributed by atoms with Crippen molar-refractivity contribution in [1.29, 1.82) is 0 Å². The molecule has 4 nitrogen and oxygen atoms in total. The van der Waals surface area contributed by atoms with E-state index in [-0.39, 0.29) is 0 Å². The van der Waals surface area contributed by atoms with Gasteiger partial charge in [-0.25, -0.2) is 9.97 Å². The number of aromatic nitrogens is 4. The van der Waals surface area contributed by atoms with Gasteiger partial charge in [-0.3, -0.25) is 0 Å². The van der Waals surface area contributed by atoms with Crippen LogP contribution in [0.3, 0.4) is 0 Å². The Balaban J connectivity index is 1.06. The van der Waals surface area contributed by atoms with Gasteiger partial charge in [-0.1, -0.05) is 146 Å². The summed E-state index contributed by atoms with van der Waals surface area (Å²) in [6.45, 7) is 4.75. The van der Waals surface area contributed by atoms with Gasteiger partial charge in [-0.05, 0) is 72.0 Å². The Bertz CT molecular complexity index is 3010. The molecule has 1 fully saturated rings. The number of hydrogen-bond acceptors (Lipinski definition) is 2. The zero-order valence-corrected chi connectivity index (χ0v) is 31.3. The molecule has 270 valence electrons. The van der Waals surface area contributed by atoms with Crippen molar-refractivity contribution in [2.45, 2.75) is 6.42 Å². The van der Waals surface area contributed by atoms with Gasteiger partial charge in [0.2, 0.25) is 0 Å². The number of rotatable bonds is 8. The van der Waals surface area contributed by atoms with Crippen LogP contribution in [0.4, 0.5) is 0 Å². The van der Waals surface area contributed by atoms with Crippen molar-refractivity contribution in [2.75, 3.05) is 0 Å². The van der Waals surface area contributed by atoms with Crippen molar-refractivity contribution in [3.8, 4) is 22.6 Å². The van der Waals surface area contributed by atoms with Crippen molar-refractivity contribution >= 4 is 61.1 Å². The summed E-state index contributed by atoms with van der Waals surface area (Å²) in [5.41, 5.74) is 13.2. The standard InChI is InChI=1S/C53H38N4/c1-35(39-28-29-52(45-33-44(39)45)57-50-26-14-10-22-42(50)43-23-11-15-27-51(43)57)32-38(30-31-56-48-24-12-8-20-40(48)41-21-9-13-25-49(41)56)47-34-46(36-16-4-2-5-17-36)54-53(55-47)37-18-6-3-7-19-37/h2-32,34,44-45H,1,33H2/b31-30+,38-32+. The Hall–Kier alpha value is -7.30. The second-order valence-electron chi connectivity index (χ2n) is 15.1. The summed E-state index contributed by atoms with van der Waals surface area (Å²) in [6, 6.07) is 57.5. The summed E-state index contributed by atoms with van der Waals surface area (Å²) in [4.78, 5) is 10.4. The summed E-state index contributed by atoms with van der Waals surface area (Å²) >= 11 is 0. The van der Waals surface area contributed by atoms with Gasteiger partial charge in [-0.15, -0.1) is 0 Å². The van der Waals surface area contributed by atoms with Gasteiger partial charge in [0.1, 0.15) is 0 Å². The van der Waals surface area contributed by atoms with E-state index in [1.165, 1.54) is 43.8 Å². The molecular weight excluding hydrogens is 693 g/mol. The van der Waals surface area contributed by atoms with Gasteiger partial charge >= 0.3 is 0 Å². The second kappa shape index (κ2) is 13.5. The molecule has 4 heteroatoms. The van der Waals surface area contributed by atoms with Crippen LogP contribution in [0.5, 0.6) is 0 Å². The van der Waals surface area contributed by atoms with Gasteiger partial charge in [0, 0.05) is 56.1 Å². The summed E-state index contributed by atoms with van der Waals surface area (Å²) in [5.74, 6) is 1.52. The highest BCUT2D eigenvalue weighted by Crippen LogP contribution is 2.56. The Labute approximate surface area is 331 Å². The molecule has 2 aliphatic carbocycles. The lowest BCUT2D eigenvalue weighted by Crippen LogP contribution is -2.05. The number of fused-ring (bicyclic) bond motifs is 7. The van der Waals surface area contributed by atoms with E-state index >= 15 is 0 Å². The maximum absolute atomic E-state index is 5.27. The molecule has 2 atom stereocenters. The van der Waals surface area contributed by atoms with Crippen LogP contribution in [0.15, 0.2) is 206 Å². The summed E-state index contributed by atoms with van der Waals surface area (Å²) in [6.07, 6.45) is 12.4. The minimum absolute atomic E-state index is 0.404. The molecule has 2 unspecified atom stereocenters. The van der Waals surface area contributed by atoms with Gasteiger partial charge in [0.15, 0.2) is 5.82 Å². The van der Waals surface area contributed by atoms with Crippen LogP contribution >= 0.6 is 0 Å². The van der Waals surface area contributed by atoms with Crippen molar-refractivity contribution in [3.05, 3.63) is 212 Å². The molecule has 11 rings (SSSR count). The third-order valence-electron chi connectivity index (χ3n) is 11.7. The number of hydrogen-bond donors (Lipinski definition) is 0. The van der Waals surface area contributed by atoms with E-state index in [0.717, 1.165) is 51.1 Å². The van der Waals surface area contributed by atoms with E-state index in [0.29, 0.717) is 17.7 Å². The van der Waals surface area contributed by atoms with Crippen LogP contribution in [-0.2, 0) is 0 Å². The van der Waals surface area contributed by atoms with Crippen LogP contribution in [0.1, 0.15) is 12.1 Å². The first-order chi connectivity index (χ1) is 28.2. The summed E-state index contributed by atoms with van der Waals surface area (Å²) in [5, 5.41) is 5.04. The number of nitrogens with zero attached hydrogens (tertiary/aromatic N) is 4. The van der Waals surface area contributed by atoms with Crippen LogP contribution in [-0.4, -0.2) is 19.1 Å². The van der Waals surface area contributed by atoms with E-state index in [9.17, 15) is 0 Å². The molecule has 9 aromatic rings. The van der Waals surface area contributed by atoms with Gasteiger partial charge < -0.3 is 9.13 Å². The van der Waals surface area contributed by atoms with E-state index in [2.05, 4.69) is 179 Å². The van der Waals surface area contributed by atoms with Crippen LogP contribution < -0.4 is 0 Å². The molecule has 3 heterocycles. The molecule has 0 bridgehead atoms. The summed E-state index contributed by atoms with van der Waals surface area (Å²) in [7, 11) is 0. The molecule has 57 heavy (non-hydrogen) atoms. The van der Waals surface area contributed by atoms with Crippen LogP contribution in [0.25, 0.3) is 83.7 Å². The van der Waals surface area contributed by atoms with Crippen LogP contribution in [0.2, 0.25) is 0 Å². The topological polar surface area (TPSA) is 35.6 Å². The zero-order chi connectivity index (χ0) is 37.9. The van der Waals surface area contributed by atoms with E-state index in [1.54, 1.807) is 0 Å². The van der Waals surface area contributed by atoms with Crippen LogP contribution in [0, 0.1) is 11.8 Å². The molecule has 0 spiro atoms. The van der Waals surface area contributed by atoms with Crippen molar-refractivity contribution in [2.24, 2.45) is 11.8 Å². The molecule has 0 radical (unpaired) electrons. The van der Waals surface area contributed by atoms with Crippen molar-refractivity contribution < 1.29 is 0 Å². The lowest BCUT2D eigenvalue weighted by molar-refractivity contribution is 0.898. The molecule has 3 aromatic heterocycles. The highest BCUT2D eigenvalue weighted by Gasteiger charge is 2.45. The first kappa shape index (κ1) is 33.1. The quantitative estimate of drug-likeness (QED) is 0.146. The zero-order valence-electron chi connectivity index (χ0n) is 31.3. The maximum Gasteiger partial charge on any atom is 0.160 e. The van der Waals surface area contributed by atoms with Gasteiger partial charge in [0.05, 0.1) is 33.5 Å². The third-order valence-corrected chi connectivity index (χ3v) is 11.7. The average molecular weight is 731 g/mol. The summed E-state index contributed by atoms with van der Waals surface area (Å²) < 4.78 is 4.77. The SMILES string of the molecule is C=C(/C=C(\C=C\n1c2ccccc2c2ccccc21)c1cc(-c2ccccc2)nc(-c2ccccc2)n1)C1=CC=C(n2c3ccccc3c3ccccc32)C2CC12. The van der Waals surface area contributed by atoms with Crippen molar-refractivity contribution in [1.82, 2.24) is 19.1 Å². The first-order valence-corrected chi connectivity index (χ1v) is 19.7. The molecule has 6 aromatic carbocycles. The molecule has 0 amide bonds. The fourth-order valence-corrected chi connectivity index (χ4v) is 8.89. The monoisotopic (exact) mass is 730 g/mol. The maximum atomic E-state index is 5.27. The fourth-order valence-electron chi connectivity index (χ4n) is 8.89. The lowest BCUT2D eigenvalue weighted by Gasteiger charge is -2.18. The Kier molecular flexibility index (Phi) is 7.82. The van der Waals surface area contributed by atoms with E-state index < -0.39 is 0 Å². The minimum Gasteiger partial charge on any atom is -0.316 e. The molecule has 1 saturated carbocycles. The average Bonchev–Trinajstić information content (AvgIpc) is 3.93. The van der Waals surface area contributed by atoms with E-state index in [1.807, 2.05) is 24.3 Å². The molecule has 2 aliphatic rings. The number of para-hydroxylation sites is 4. The van der Waals surface area contributed by atoms with Gasteiger partial charge in [0.25, 0.3) is 0 Å². The lowest BCUT2D eigenvalue weighted by atomic mass is 9.94. The highest BCUT2D eigenvalue weighted by molar-refractivity contribution is 6.11. The molecule has 0 aliphatic heterocycles. The van der Waals surface area contributed by atoms with E-state index in [4.69, 9.17) is 16.5 Å². The predicted octanol–water partition coefficient (Wildman–Crippen LogP) is 13.3. The highest BCUT2D eigenvalue weighted by atomic mass is 15.0. The van der Waals surface area contributed by atoms with Gasteiger partial charge in [-0.2, -0.15) is 0 Å². The largest absolute Gasteiger partial charge is 0.316 e. The Morgan fingerprint density at radius 1 is 0.561 bits per heavy atom. The molecule has 0 N–H and O–H groups in total. The normalized spacial score (nSPS) is 16.7. The smallest absolute Gasteiger partial charge is 0.160 e. The first-order valence-electron chi connectivity index (χ1n) is 19.7.